The molecular formula is C18H28IN5. The van der Waals surface area contributed by atoms with Crippen molar-refractivity contribution in [2.45, 2.75) is 33.2 Å². The van der Waals surface area contributed by atoms with Crippen molar-refractivity contribution < 1.29 is 0 Å². The number of benzene rings is 1. The molecule has 0 saturated carbocycles. The van der Waals surface area contributed by atoms with E-state index in [-0.39, 0.29) is 24.0 Å². The standard InChI is InChI=1S/C18H27N5.HI/c1-15-11-16(2)13-17(12-15)5-7-22-18(19-3)21-6-4-9-23-10-8-20-14-23;/h8,10-14H,4-7,9H2,1-3H3,(H2,19,21,22);1H. The minimum absolute atomic E-state index is 0. The molecule has 0 aliphatic carbocycles. The monoisotopic (exact) mass is 441 g/mol. The van der Waals surface area contributed by atoms with Gasteiger partial charge in [0.25, 0.3) is 0 Å². The van der Waals surface area contributed by atoms with Crippen molar-refractivity contribution >= 4 is 29.9 Å². The first-order chi connectivity index (χ1) is 11.2. The Morgan fingerprint density at radius 3 is 2.46 bits per heavy atom. The largest absolute Gasteiger partial charge is 0.356 e. The number of aromatic nitrogens is 2. The van der Waals surface area contributed by atoms with Crippen molar-refractivity contribution in [2.75, 3.05) is 20.1 Å². The number of halogens is 1. The molecule has 0 saturated heterocycles. The van der Waals surface area contributed by atoms with Gasteiger partial charge < -0.3 is 15.2 Å². The van der Waals surface area contributed by atoms with Gasteiger partial charge in [-0.15, -0.1) is 24.0 Å². The molecule has 0 spiro atoms. The number of guanidine groups is 1. The first-order valence-electron chi connectivity index (χ1n) is 8.15. The van der Waals surface area contributed by atoms with Crippen LogP contribution in [0.15, 0.2) is 41.9 Å². The highest BCUT2D eigenvalue weighted by molar-refractivity contribution is 14.0. The van der Waals surface area contributed by atoms with Gasteiger partial charge in [-0.1, -0.05) is 29.3 Å². The molecule has 2 aromatic rings. The summed E-state index contributed by atoms with van der Waals surface area (Å²) in [5, 5.41) is 6.72. The molecule has 0 aliphatic heterocycles. The van der Waals surface area contributed by atoms with Crippen LogP contribution in [0.1, 0.15) is 23.1 Å². The van der Waals surface area contributed by atoms with Gasteiger partial charge in [0.2, 0.25) is 0 Å². The Hall–Kier alpha value is -1.57. The van der Waals surface area contributed by atoms with Gasteiger partial charge in [-0.2, -0.15) is 0 Å². The van der Waals surface area contributed by atoms with E-state index in [4.69, 9.17) is 0 Å². The van der Waals surface area contributed by atoms with Crippen molar-refractivity contribution in [3.05, 3.63) is 53.6 Å². The lowest BCUT2D eigenvalue weighted by molar-refractivity contribution is 0.624. The molecule has 5 nitrogen and oxygen atoms in total. The Morgan fingerprint density at radius 1 is 1.12 bits per heavy atom. The summed E-state index contributed by atoms with van der Waals surface area (Å²) in [5.74, 6) is 0.861. The smallest absolute Gasteiger partial charge is 0.190 e. The molecule has 0 aliphatic rings. The molecule has 6 heteroatoms. The maximum absolute atomic E-state index is 4.26. The fourth-order valence-electron chi connectivity index (χ4n) is 2.65. The Morgan fingerprint density at radius 2 is 1.83 bits per heavy atom. The quantitative estimate of drug-likeness (QED) is 0.301. The molecule has 0 fully saturated rings. The second kappa shape index (κ2) is 11.1. The predicted molar refractivity (Wildman–Crippen MR) is 111 cm³/mol. The molecule has 1 heterocycles. The van der Waals surface area contributed by atoms with Gasteiger partial charge in [0, 0.05) is 39.1 Å². The Kier molecular flexibility index (Phi) is 9.44. The molecule has 24 heavy (non-hydrogen) atoms. The fourth-order valence-corrected chi connectivity index (χ4v) is 2.65. The van der Waals surface area contributed by atoms with E-state index in [0.717, 1.165) is 38.4 Å². The van der Waals surface area contributed by atoms with Gasteiger partial charge in [0.05, 0.1) is 6.33 Å². The molecule has 0 amide bonds. The minimum Gasteiger partial charge on any atom is -0.356 e. The van der Waals surface area contributed by atoms with Crippen molar-refractivity contribution in [3.63, 3.8) is 0 Å². The van der Waals surface area contributed by atoms with E-state index in [9.17, 15) is 0 Å². The molecule has 0 bridgehead atoms. The Balaban J connectivity index is 0.00000288. The molecular weight excluding hydrogens is 413 g/mol. The average molecular weight is 441 g/mol. The zero-order valence-electron chi connectivity index (χ0n) is 14.7. The van der Waals surface area contributed by atoms with Crippen LogP contribution in [0.2, 0.25) is 0 Å². The zero-order chi connectivity index (χ0) is 16.5. The molecule has 2 rings (SSSR count). The van der Waals surface area contributed by atoms with Gasteiger partial charge in [-0.05, 0) is 32.3 Å². The van der Waals surface area contributed by atoms with Gasteiger partial charge in [0.1, 0.15) is 0 Å². The lowest BCUT2D eigenvalue weighted by Gasteiger charge is -2.12. The summed E-state index contributed by atoms with van der Waals surface area (Å²) in [4.78, 5) is 8.30. The Labute approximate surface area is 162 Å². The number of nitrogens with zero attached hydrogens (tertiary/aromatic N) is 3. The summed E-state index contributed by atoms with van der Waals surface area (Å²) >= 11 is 0. The Bertz CT molecular complexity index is 602. The van der Waals surface area contributed by atoms with E-state index in [1.165, 1.54) is 16.7 Å². The van der Waals surface area contributed by atoms with E-state index in [0.29, 0.717) is 0 Å². The maximum Gasteiger partial charge on any atom is 0.190 e. The molecule has 0 atom stereocenters. The van der Waals surface area contributed by atoms with Crippen molar-refractivity contribution in [2.24, 2.45) is 4.99 Å². The third kappa shape index (κ3) is 7.33. The van der Waals surface area contributed by atoms with Crippen molar-refractivity contribution in [3.8, 4) is 0 Å². The molecule has 1 aromatic carbocycles. The normalized spacial score (nSPS) is 11.0. The van der Waals surface area contributed by atoms with Gasteiger partial charge in [-0.3, -0.25) is 4.99 Å². The van der Waals surface area contributed by atoms with E-state index >= 15 is 0 Å². The SMILES string of the molecule is CN=C(NCCCn1ccnc1)NCCc1cc(C)cc(C)c1.I. The molecule has 2 N–H and O–H groups in total. The van der Waals surface area contributed by atoms with E-state index in [1.807, 2.05) is 19.6 Å². The number of hydrogen-bond donors (Lipinski definition) is 2. The van der Waals surface area contributed by atoms with Crippen LogP contribution in [0.5, 0.6) is 0 Å². The molecule has 132 valence electrons. The third-order valence-electron chi connectivity index (χ3n) is 3.66. The van der Waals surface area contributed by atoms with Crippen LogP contribution >= 0.6 is 24.0 Å². The third-order valence-corrected chi connectivity index (χ3v) is 3.66. The number of nitrogens with one attached hydrogen (secondary N) is 2. The molecule has 1 aromatic heterocycles. The summed E-state index contributed by atoms with van der Waals surface area (Å²) in [6.45, 7) is 7.02. The lowest BCUT2D eigenvalue weighted by Crippen LogP contribution is -2.38. The summed E-state index contributed by atoms with van der Waals surface area (Å²) in [7, 11) is 1.81. The van der Waals surface area contributed by atoms with Crippen LogP contribution < -0.4 is 10.6 Å². The highest BCUT2D eigenvalue weighted by Crippen LogP contribution is 2.08. The van der Waals surface area contributed by atoms with Gasteiger partial charge in [-0.25, -0.2) is 4.98 Å². The van der Waals surface area contributed by atoms with Crippen LogP contribution in [0.3, 0.4) is 0 Å². The minimum atomic E-state index is 0. The lowest BCUT2D eigenvalue weighted by atomic mass is 10.1. The summed E-state index contributed by atoms with van der Waals surface area (Å²) in [6.07, 6.45) is 7.67. The van der Waals surface area contributed by atoms with Crippen LogP contribution in [-0.4, -0.2) is 35.6 Å². The van der Waals surface area contributed by atoms with Crippen LogP contribution in [0.4, 0.5) is 0 Å². The summed E-state index contributed by atoms with van der Waals surface area (Å²) in [5.41, 5.74) is 4.01. The van der Waals surface area contributed by atoms with E-state index in [1.54, 1.807) is 6.20 Å². The first kappa shape index (κ1) is 20.5. The number of aryl methyl sites for hydroxylation is 3. The highest BCUT2D eigenvalue weighted by atomic mass is 127. The van der Waals surface area contributed by atoms with Crippen molar-refractivity contribution in [1.82, 2.24) is 20.2 Å². The topological polar surface area (TPSA) is 54.2 Å². The number of imidazole rings is 1. The van der Waals surface area contributed by atoms with E-state index in [2.05, 4.69) is 57.2 Å². The first-order valence-corrected chi connectivity index (χ1v) is 8.15. The number of rotatable bonds is 7. The van der Waals surface area contributed by atoms with Crippen LogP contribution in [0.25, 0.3) is 0 Å². The van der Waals surface area contributed by atoms with Crippen molar-refractivity contribution in [1.29, 1.82) is 0 Å². The van der Waals surface area contributed by atoms with E-state index < -0.39 is 0 Å². The zero-order valence-corrected chi connectivity index (χ0v) is 17.1. The van der Waals surface area contributed by atoms with Crippen LogP contribution in [0, 0.1) is 13.8 Å². The number of aliphatic imine (C=N–C) groups is 1. The van der Waals surface area contributed by atoms with Gasteiger partial charge in [0.15, 0.2) is 5.96 Å². The summed E-state index contributed by atoms with van der Waals surface area (Å²) in [6, 6.07) is 6.70. The molecule has 0 radical (unpaired) electrons. The van der Waals surface area contributed by atoms with Crippen LogP contribution in [-0.2, 0) is 13.0 Å². The summed E-state index contributed by atoms with van der Waals surface area (Å²) < 4.78 is 2.08. The maximum atomic E-state index is 4.26. The molecule has 0 unspecified atom stereocenters. The highest BCUT2D eigenvalue weighted by Gasteiger charge is 1.99. The second-order valence-corrected chi connectivity index (χ2v) is 5.83. The average Bonchev–Trinajstić information content (AvgIpc) is 3.02. The second-order valence-electron chi connectivity index (χ2n) is 5.83. The predicted octanol–water partition coefficient (Wildman–Crippen LogP) is 2.92. The van der Waals surface area contributed by atoms with Gasteiger partial charge >= 0.3 is 0 Å². The fraction of sp³-hybridized carbons (Fsp3) is 0.444. The number of hydrogen-bond acceptors (Lipinski definition) is 2.